The Morgan fingerprint density at radius 2 is 2.14 bits per heavy atom. The van der Waals surface area contributed by atoms with Crippen molar-refractivity contribution in [2.75, 3.05) is 20.3 Å². The number of hydrogen-bond donors (Lipinski definition) is 0. The third-order valence-corrected chi connectivity index (χ3v) is 3.07. The number of esters is 1. The van der Waals surface area contributed by atoms with Crippen LogP contribution in [0, 0.1) is 4.91 Å². The monoisotopic (exact) mass is 357 g/mol. The first kappa shape index (κ1) is 17.2. The van der Waals surface area contributed by atoms with E-state index in [0.717, 1.165) is 0 Å². The van der Waals surface area contributed by atoms with Gasteiger partial charge < -0.3 is 14.2 Å². The second-order valence-corrected chi connectivity index (χ2v) is 4.70. The molecule has 0 N–H and O–H groups in total. The molecule has 0 aliphatic carbocycles. The Balaban J connectivity index is 2.75. The number of nitrogens with zero attached hydrogens (tertiary/aromatic N) is 1. The molecule has 0 unspecified atom stereocenters. The van der Waals surface area contributed by atoms with Crippen molar-refractivity contribution in [3.63, 3.8) is 0 Å². The molecule has 0 bridgehead atoms. The molecule has 0 saturated heterocycles. The van der Waals surface area contributed by atoms with Gasteiger partial charge in [0.05, 0.1) is 18.2 Å². The van der Waals surface area contributed by atoms with Gasteiger partial charge in [-0.05, 0) is 41.1 Å². The van der Waals surface area contributed by atoms with Crippen LogP contribution in [0.3, 0.4) is 0 Å². The highest BCUT2D eigenvalue weighted by Crippen LogP contribution is 2.33. The minimum Gasteiger partial charge on any atom is -0.496 e. The van der Waals surface area contributed by atoms with E-state index in [2.05, 4.69) is 21.1 Å². The first-order chi connectivity index (χ1) is 10.1. The fraction of sp³-hybridized carbons (Fsp3) is 0.357. The fourth-order valence-electron chi connectivity index (χ4n) is 1.53. The van der Waals surface area contributed by atoms with Crippen LogP contribution in [-0.4, -0.2) is 26.3 Å². The number of benzene rings is 1. The van der Waals surface area contributed by atoms with Gasteiger partial charge in [0, 0.05) is 11.6 Å². The molecule has 0 atom stereocenters. The minimum absolute atomic E-state index is 0.0272. The molecule has 0 radical (unpaired) electrons. The highest BCUT2D eigenvalue weighted by atomic mass is 79.9. The Kier molecular flexibility index (Phi) is 7.45. The van der Waals surface area contributed by atoms with Crippen LogP contribution >= 0.6 is 15.9 Å². The van der Waals surface area contributed by atoms with Crippen molar-refractivity contribution in [3.05, 3.63) is 39.2 Å². The Morgan fingerprint density at radius 1 is 1.38 bits per heavy atom. The van der Waals surface area contributed by atoms with E-state index < -0.39 is 5.97 Å². The van der Waals surface area contributed by atoms with E-state index in [4.69, 9.17) is 14.2 Å². The zero-order chi connectivity index (χ0) is 15.7. The maximum atomic E-state index is 11.1. The first-order valence-corrected chi connectivity index (χ1v) is 7.03. The summed E-state index contributed by atoms with van der Waals surface area (Å²) in [6.45, 7) is 2.20. The van der Waals surface area contributed by atoms with Crippen LogP contribution < -0.4 is 9.47 Å². The summed E-state index contributed by atoms with van der Waals surface area (Å²) >= 11 is 3.34. The number of carbonyl (C=O) groups excluding carboxylic acids is 1. The van der Waals surface area contributed by atoms with Gasteiger partial charge >= 0.3 is 5.97 Å². The third kappa shape index (κ3) is 5.55. The molecule has 0 saturated carbocycles. The van der Waals surface area contributed by atoms with Crippen LogP contribution in [0.5, 0.6) is 11.5 Å². The van der Waals surface area contributed by atoms with E-state index in [1.165, 1.54) is 19.3 Å². The van der Waals surface area contributed by atoms with Crippen LogP contribution in [-0.2, 0) is 16.1 Å². The predicted octanol–water partition coefficient (Wildman–Crippen LogP) is 3.22. The van der Waals surface area contributed by atoms with E-state index in [9.17, 15) is 9.70 Å². The van der Waals surface area contributed by atoms with E-state index >= 15 is 0 Å². The van der Waals surface area contributed by atoms with E-state index in [1.54, 1.807) is 19.1 Å². The second kappa shape index (κ2) is 9.12. The second-order valence-electron chi connectivity index (χ2n) is 3.85. The summed E-state index contributed by atoms with van der Waals surface area (Å²) in [5.41, 5.74) is 0.606. The van der Waals surface area contributed by atoms with Gasteiger partial charge in [-0.15, -0.1) is 0 Å². The molecular weight excluding hydrogens is 342 g/mol. The molecule has 1 aromatic carbocycles. The molecule has 1 rings (SSSR count). The molecule has 0 aliphatic heterocycles. The number of ether oxygens (including phenoxy) is 3. The highest BCUT2D eigenvalue weighted by Gasteiger charge is 2.10. The Morgan fingerprint density at radius 3 is 2.76 bits per heavy atom. The summed E-state index contributed by atoms with van der Waals surface area (Å²) in [5.74, 6) is 0.658. The first-order valence-electron chi connectivity index (χ1n) is 6.24. The van der Waals surface area contributed by atoms with Crippen LogP contribution in [0.25, 0.3) is 0 Å². The molecular formula is C14H16BrNO5. The Hall–Kier alpha value is -1.89. The summed E-state index contributed by atoms with van der Waals surface area (Å²) in [6, 6.07) is 3.37. The Labute approximate surface area is 131 Å². The highest BCUT2D eigenvalue weighted by molar-refractivity contribution is 9.10. The zero-order valence-corrected chi connectivity index (χ0v) is 13.4. The van der Waals surface area contributed by atoms with Gasteiger partial charge in [-0.1, -0.05) is 5.18 Å². The summed E-state index contributed by atoms with van der Waals surface area (Å²) in [7, 11) is 1.53. The maximum Gasteiger partial charge on any atom is 0.330 e. The molecule has 0 heterocycles. The molecule has 21 heavy (non-hydrogen) atoms. The van der Waals surface area contributed by atoms with Crippen molar-refractivity contribution in [3.8, 4) is 11.5 Å². The third-order valence-electron chi connectivity index (χ3n) is 2.45. The molecule has 114 valence electrons. The van der Waals surface area contributed by atoms with Crippen molar-refractivity contribution < 1.29 is 19.0 Å². The van der Waals surface area contributed by atoms with Gasteiger partial charge in [0.25, 0.3) is 0 Å². The number of carbonyl (C=O) groups is 1. The SMILES string of the molecule is CCOC(=O)C=CCOc1cc(Br)c(OC)cc1CN=O. The van der Waals surface area contributed by atoms with Gasteiger partial charge in [0.2, 0.25) is 0 Å². The molecule has 0 spiro atoms. The van der Waals surface area contributed by atoms with Crippen molar-refractivity contribution in [2.24, 2.45) is 5.18 Å². The average molecular weight is 358 g/mol. The number of halogens is 1. The van der Waals surface area contributed by atoms with Crippen molar-refractivity contribution in [2.45, 2.75) is 13.5 Å². The normalized spacial score (nSPS) is 10.4. The fourth-order valence-corrected chi connectivity index (χ4v) is 2.02. The largest absolute Gasteiger partial charge is 0.496 e. The van der Waals surface area contributed by atoms with Crippen molar-refractivity contribution >= 4 is 21.9 Å². The number of methoxy groups -OCH3 is 1. The maximum absolute atomic E-state index is 11.1. The molecule has 1 aromatic rings. The Bertz CT molecular complexity index is 530. The van der Waals surface area contributed by atoms with Gasteiger partial charge in [-0.3, -0.25) is 0 Å². The summed E-state index contributed by atoms with van der Waals surface area (Å²) in [5, 5.41) is 2.86. The van der Waals surface area contributed by atoms with Gasteiger partial charge in [-0.25, -0.2) is 4.79 Å². The van der Waals surface area contributed by atoms with E-state index in [-0.39, 0.29) is 13.2 Å². The minimum atomic E-state index is -0.424. The molecule has 0 aromatic heterocycles. The van der Waals surface area contributed by atoms with Crippen LogP contribution in [0.4, 0.5) is 0 Å². The number of nitroso groups, excluding NO2 is 1. The van der Waals surface area contributed by atoms with Gasteiger partial charge in [0.15, 0.2) is 0 Å². The standard InChI is InChI=1S/C14H16BrNO5/c1-3-20-14(17)5-4-6-21-12-8-11(15)13(19-2)7-10(12)9-16-18/h4-5,7-8H,3,6,9H2,1-2H3. The van der Waals surface area contributed by atoms with Crippen molar-refractivity contribution in [1.82, 2.24) is 0 Å². The van der Waals surface area contributed by atoms with E-state index in [1.807, 2.05) is 0 Å². The van der Waals surface area contributed by atoms with Crippen LogP contribution in [0.1, 0.15) is 12.5 Å². The molecule has 0 aliphatic rings. The van der Waals surface area contributed by atoms with Gasteiger partial charge in [-0.2, -0.15) is 4.91 Å². The molecule has 0 fully saturated rings. The van der Waals surface area contributed by atoms with Gasteiger partial charge in [0.1, 0.15) is 24.7 Å². The summed E-state index contributed by atoms with van der Waals surface area (Å²) in [4.78, 5) is 21.6. The topological polar surface area (TPSA) is 74.2 Å². The van der Waals surface area contributed by atoms with Crippen LogP contribution in [0.2, 0.25) is 0 Å². The quantitative estimate of drug-likeness (QED) is 0.405. The lowest BCUT2D eigenvalue weighted by Gasteiger charge is -2.11. The van der Waals surface area contributed by atoms with E-state index in [0.29, 0.717) is 28.1 Å². The summed E-state index contributed by atoms with van der Waals surface area (Å²) < 4.78 is 16.1. The number of hydrogen-bond acceptors (Lipinski definition) is 6. The molecule has 0 amide bonds. The number of rotatable bonds is 8. The predicted molar refractivity (Wildman–Crippen MR) is 81.5 cm³/mol. The molecule has 7 heteroatoms. The van der Waals surface area contributed by atoms with Crippen LogP contribution in [0.15, 0.2) is 33.9 Å². The lowest BCUT2D eigenvalue weighted by molar-refractivity contribution is -0.137. The van der Waals surface area contributed by atoms with Crippen molar-refractivity contribution in [1.29, 1.82) is 0 Å². The summed E-state index contributed by atoms with van der Waals surface area (Å²) in [6.07, 6.45) is 2.83. The lowest BCUT2D eigenvalue weighted by atomic mass is 10.2. The lowest BCUT2D eigenvalue weighted by Crippen LogP contribution is -2.02. The molecule has 6 nitrogen and oxygen atoms in total. The smallest absolute Gasteiger partial charge is 0.330 e. The zero-order valence-electron chi connectivity index (χ0n) is 11.8. The average Bonchev–Trinajstić information content (AvgIpc) is 2.46.